The van der Waals surface area contributed by atoms with Gasteiger partial charge < -0.3 is 4.52 Å². The van der Waals surface area contributed by atoms with Gasteiger partial charge in [-0.05, 0) is 5.92 Å². The van der Waals surface area contributed by atoms with Crippen LogP contribution in [-0.2, 0) is 9.09 Å². The van der Waals surface area contributed by atoms with Gasteiger partial charge in [0.2, 0.25) is 7.37 Å². The van der Waals surface area contributed by atoms with Crippen LogP contribution in [0.3, 0.4) is 0 Å². The predicted octanol–water partition coefficient (Wildman–Crippen LogP) is 2.98. The van der Waals surface area contributed by atoms with Crippen molar-refractivity contribution in [2.24, 2.45) is 5.92 Å². The first-order chi connectivity index (χ1) is 5.04. The van der Waals surface area contributed by atoms with Gasteiger partial charge in [0, 0.05) is 12.3 Å². The molecule has 0 fully saturated rings. The highest BCUT2D eigenvalue weighted by Crippen LogP contribution is 2.45. The maximum atomic E-state index is 11.6. The first-order valence-electron chi connectivity index (χ1n) is 4.26. The molecule has 0 amide bonds. The normalized spacial score (nSPS) is 12.5. The molecule has 0 spiro atoms. The van der Waals surface area contributed by atoms with Gasteiger partial charge in [-0.2, -0.15) is 0 Å². The number of hydrogen-bond acceptors (Lipinski definition) is 2. The molecule has 0 radical (unpaired) electrons. The molecule has 68 valence electrons. The molecule has 0 saturated carbocycles. The van der Waals surface area contributed by atoms with E-state index in [2.05, 4.69) is 13.8 Å². The van der Waals surface area contributed by atoms with Crippen molar-refractivity contribution >= 4 is 7.37 Å². The highest BCUT2D eigenvalue weighted by Gasteiger charge is 2.17. The molecule has 0 aliphatic heterocycles. The fourth-order valence-corrected chi connectivity index (χ4v) is 2.07. The minimum atomic E-state index is -2.24. The van der Waals surface area contributed by atoms with Crippen molar-refractivity contribution in [1.82, 2.24) is 0 Å². The fourth-order valence-electron chi connectivity index (χ4n) is 0.691. The van der Waals surface area contributed by atoms with Crippen molar-refractivity contribution in [2.75, 3.05) is 18.9 Å². The van der Waals surface area contributed by atoms with Crippen LogP contribution in [0, 0.1) is 5.92 Å². The van der Waals surface area contributed by atoms with Crippen LogP contribution in [0.4, 0.5) is 0 Å². The van der Waals surface area contributed by atoms with Gasteiger partial charge in [-0.25, -0.2) is 0 Å². The average molecular weight is 178 g/mol. The molecule has 0 rings (SSSR count). The number of hydrogen-bond donors (Lipinski definition) is 0. The average Bonchev–Trinajstić information content (AvgIpc) is 2.00. The van der Waals surface area contributed by atoms with E-state index in [0.717, 1.165) is 0 Å². The summed E-state index contributed by atoms with van der Waals surface area (Å²) in [7, 11) is -2.24. The molecular weight excluding hydrogens is 159 g/mol. The quantitative estimate of drug-likeness (QED) is 0.605. The molecule has 0 atom stereocenters. The van der Waals surface area contributed by atoms with Gasteiger partial charge in [0.1, 0.15) is 0 Å². The summed E-state index contributed by atoms with van der Waals surface area (Å²) in [5.41, 5.74) is 0. The third kappa shape index (κ3) is 4.60. The Labute approximate surface area is 69.8 Å². The largest absolute Gasteiger partial charge is 0.328 e. The van der Waals surface area contributed by atoms with Crippen LogP contribution < -0.4 is 0 Å². The van der Waals surface area contributed by atoms with Crippen molar-refractivity contribution in [1.29, 1.82) is 0 Å². The Bertz CT molecular complexity index is 135. The minimum Gasteiger partial charge on any atom is -0.328 e. The van der Waals surface area contributed by atoms with Crippen LogP contribution in [0.1, 0.15) is 27.7 Å². The zero-order valence-electron chi connectivity index (χ0n) is 7.96. The van der Waals surface area contributed by atoms with E-state index in [-0.39, 0.29) is 0 Å². The lowest BCUT2D eigenvalue weighted by atomic mass is 10.2. The summed E-state index contributed by atoms with van der Waals surface area (Å²) in [4.78, 5) is 0. The zero-order chi connectivity index (χ0) is 8.91. The van der Waals surface area contributed by atoms with Gasteiger partial charge in [-0.15, -0.1) is 0 Å². The summed E-state index contributed by atoms with van der Waals surface area (Å²) in [6, 6.07) is 0. The van der Waals surface area contributed by atoms with Gasteiger partial charge in [0.15, 0.2) is 0 Å². The third-order valence-electron chi connectivity index (χ3n) is 1.61. The molecule has 0 N–H and O–H groups in total. The Kier molecular flexibility index (Phi) is 5.03. The molecule has 0 unspecified atom stereocenters. The predicted molar refractivity (Wildman–Crippen MR) is 49.5 cm³/mol. The second-order valence-electron chi connectivity index (χ2n) is 3.14. The van der Waals surface area contributed by atoms with Crippen molar-refractivity contribution in [2.45, 2.75) is 27.7 Å². The molecule has 0 aromatic carbocycles. The lowest BCUT2D eigenvalue weighted by Crippen LogP contribution is -2.02. The van der Waals surface area contributed by atoms with Crippen molar-refractivity contribution < 1.29 is 9.09 Å². The van der Waals surface area contributed by atoms with Gasteiger partial charge in [0.05, 0.1) is 6.61 Å². The molecule has 0 aliphatic rings. The smallest absolute Gasteiger partial charge is 0.202 e. The summed E-state index contributed by atoms with van der Waals surface area (Å²) in [6.07, 6.45) is 1.33. The topological polar surface area (TPSA) is 26.3 Å². The molecule has 0 aromatic rings. The molecule has 0 aliphatic carbocycles. The molecule has 11 heavy (non-hydrogen) atoms. The van der Waals surface area contributed by atoms with Gasteiger partial charge in [0.25, 0.3) is 0 Å². The number of rotatable bonds is 5. The van der Waals surface area contributed by atoms with Gasteiger partial charge in [-0.1, -0.05) is 27.7 Å². The zero-order valence-corrected chi connectivity index (χ0v) is 8.86. The van der Waals surface area contributed by atoms with Gasteiger partial charge in [-0.3, -0.25) is 4.57 Å². The Hall–Kier alpha value is 0.190. The highest BCUT2D eigenvalue weighted by molar-refractivity contribution is 7.58. The fraction of sp³-hybridized carbons (Fsp3) is 1.00. The van der Waals surface area contributed by atoms with Crippen LogP contribution in [-0.4, -0.2) is 18.9 Å². The van der Waals surface area contributed by atoms with Crippen LogP contribution in [0.2, 0.25) is 0 Å². The Morgan fingerprint density at radius 2 is 1.73 bits per heavy atom. The van der Waals surface area contributed by atoms with Crippen molar-refractivity contribution in [3.05, 3.63) is 0 Å². The molecule has 3 heteroatoms. The maximum Gasteiger partial charge on any atom is 0.202 e. The monoisotopic (exact) mass is 178 g/mol. The van der Waals surface area contributed by atoms with E-state index in [1.165, 1.54) is 0 Å². The molecule has 0 heterocycles. The lowest BCUT2D eigenvalue weighted by molar-refractivity contribution is 0.271. The van der Waals surface area contributed by atoms with Crippen LogP contribution >= 0.6 is 7.37 Å². The Balaban J connectivity index is 3.79. The van der Waals surface area contributed by atoms with E-state index in [1.54, 1.807) is 0 Å². The lowest BCUT2D eigenvalue weighted by Gasteiger charge is -2.15. The van der Waals surface area contributed by atoms with E-state index in [4.69, 9.17) is 4.52 Å². The first-order valence-corrected chi connectivity index (χ1v) is 6.26. The van der Waals surface area contributed by atoms with Gasteiger partial charge >= 0.3 is 0 Å². The SMILES string of the molecule is CCP(=O)(CC)OCC(C)C. The summed E-state index contributed by atoms with van der Waals surface area (Å²) in [5, 5.41) is 0. The molecule has 0 bridgehead atoms. The van der Waals surface area contributed by atoms with Crippen molar-refractivity contribution in [3.63, 3.8) is 0 Å². The summed E-state index contributed by atoms with van der Waals surface area (Å²) in [6.45, 7) is 8.60. The molecule has 0 saturated heterocycles. The van der Waals surface area contributed by atoms with Crippen LogP contribution in [0.25, 0.3) is 0 Å². The second kappa shape index (κ2) is 4.95. The van der Waals surface area contributed by atoms with Crippen LogP contribution in [0.15, 0.2) is 0 Å². The summed E-state index contributed by atoms with van der Waals surface area (Å²) < 4.78 is 17.0. The minimum absolute atomic E-state index is 0.474. The molecule has 0 aromatic heterocycles. The summed E-state index contributed by atoms with van der Waals surface area (Å²) >= 11 is 0. The first kappa shape index (κ1) is 11.2. The van der Waals surface area contributed by atoms with E-state index in [9.17, 15) is 4.57 Å². The van der Waals surface area contributed by atoms with E-state index in [0.29, 0.717) is 24.8 Å². The van der Waals surface area contributed by atoms with Crippen LogP contribution in [0.5, 0.6) is 0 Å². The standard InChI is InChI=1S/C8H19O2P/c1-5-11(9,6-2)10-7-8(3)4/h8H,5-7H2,1-4H3. The third-order valence-corrected chi connectivity index (χ3v) is 4.15. The van der Waals surface area contributed by atoms with Crippen molar-refractivity contribution in [3.8, 4) is 0 Å². The van der Waals surface area contributed by atoms with E-state index < -0.39 is 7.37 Å². The van der Waals surface area contributed by atoms with E-state index >= 15 is 0 Å². The summed E-state index contributed by atoms with van der Waals surface area (Å²) in [5.74, 6) is 0.474. The Morgan fingerprint density at radius 1 is 1.27 bits per heavy atom. The Morgan fingerprint density at radius 3 is 2.00 bits per heavy atom. The van der Waals surface area contributed by atoms with E-state index in [1.807, 2.05) is 13.8 Å². The molecular formula is C8H19O2P. The molecule has 2 nitrogen and oxygen atoms in total. The maximum absolute atomic E-state index is 11.6. The second-order valence-corrected chi connectivity index (χ2v) is 6.29. The highest BCUT2D eigenvalue weighted by atomic mass is 31.2.